The van der Waals surface area contributed by atoms with E-state index in [0.29, 0.717) is 0 Å². The second-order valence-electron chi connectivity index (χ2n) is 12.3. The Kier molecular flexibility index (Phi) is 6.64. The number of fused-ring (bicyclic) bond motifs is 3. The first-order valence-corrected chi connectivity index (χ1v) is 16.4. The number of hydrogen-bond donors (Lipinski definition) is 0. The van der Waals surface area contributed by atoms with Crippen molar-refractivity contribution in [1.29, 1.82) is 0 Å². The number of benzene rings is 7. The first-order valence-electron chi connectivity index (χ1n) is 16.4. The molecule has 47 heavy (non-hydrogen) atoms. The summed E-state index contributed by atoms with van der Waals surface area (Å²) < 4.78 is 2.26. The van der Waals surface area contributed by atoms with Gasteiger partial charge in [0.25, 0.3) is 0 Å². The van der Waals surface area contributed by atoms with Crippen LogP contribution in [-0.4, -0.2) is 9.55 Å². The number of imidazole rings is 1. The molecule has 0 saturated heterocycles. The summed E-state index contributed by atoms with van der Waals surface area (Å²) in [6.07, 6.45) is 8.91. The highest BCUT2D eigenvalue weighted by molar-refractivity contribution is 6.19. The Balaban J connectivity index is 1.23. The number of allylic oxidation sites excluding steroid dienone is 4. The van der Waals surface area contributed by atoms with Crippen molar-refractivity contribution in [2.45, 2.75) is 12.8 Å². The van der Waals surface area contributed by atoms with Crippen molar-refractivity contribution in [1.82, 2.24) is 9.55 Å². The Labute approximate surface area is 274 Å². The minimum atomic E-state index is 0.945. The van der Waals surface area contributed by atoms with Crippen molar-refractivity contribution in [3.63, 3.8) is 0 Å². The summed E-state index contributed by atoms with van der Waals surface area (Å²) >= 11 is 0. The minimum Gasteiger partial charge on any atom is -0.292 e. The van der Waals surface area contributed by atoms with Crippen LogP contribution >= 0.6 is 0 Å². The van der Waals surface area contributed by atoms with E-state index in [1.165, 1.54) is 54.9 Å². The molecule has 7 aromatic carbocycles. The zero-order valence-corrected chi connectivity index (χ0v) is 26.0. The van der Waals surface area contributed by atoms with E-state index in [4.69, 9.17) is 4.98 Å². The highest BCUT2D eigenvalue weighted by Crippen LogP contribution is 2.44. The predicted molar refractivity (Wildman–Crippen MR) is 199 cm³/mol. The van der Waals surface area contributed by atoms with E-state index >= 15 is 0 Å². The molecule has 8 aromatic rings. The van der Waals surface area contributed by atoms with E-state index in [2.05, 4.69) is 174 Å². The van der Waals surface area contributed by atoms with E-state index in [1.807, 2.05) is 0 Å². The van der Waals surface area contributed by atoms with Crippen LogP contribution in [0.2, 0.25) is 0 Å². The van der Waals surface area contributed by atoms with Crippen LogP contribution < -0.4 is 0 Å². The first-order chi connectivity index (χ1) is 23.3. The summed E-state index contributed by atoms with van der Waals surface area (Å²) in [5, 5.41) is 5.21. The third kappa shape index (κ3) is 4.69. The maximum absolute atomic E-state index is 5.08. The van der Waals surface area contributed by atoms with E-state index in [-0.39, 0.29) is 0 Å². The Morgan fingerprint density at radius 1 is 0.489 bits per heavy atom. The van der Waals surface area contributed by atoms with E-state index in [0.717, 1.165) is 41.0 Å². The maximum atomic E-state index is 5.08. The molecule has 1 heterocycles. The van der Waals surface area contributed by atoms with E-state index in [9.17, 15) is 0 Å². The van der Waals surface area contributed by atoms with Crippen LogP contribution in [0, 0.1) is 0 Å². The van der Waals surface area contributed by atoms with Crippen molar-refractivity contribution in [3.05, 3.63) is 175 Å². The molecule has 0 atom stereocenters. The third-order valence-corrected chi connectivity index (χ3v) is 9.47. The first kappa shape index (κ1) is 27.3. The number of aromatic nitrogens is 2. The normalized spacial score (nSPS) is 13.0. The maximum Gasteiger partial charge on any atom is 0.145 e. The second-order valence-corrected chi connectivity index (χ2v) is 12.3. The molecule has 0 bridgehead atoms. The summed E-state index contributed by atoms with van der Waals surface area (Å²) in [4.78, 5) is 5.08. The average Bonchev–Trinajstić information content (AvgIpc) is 3.54. The fraction of sp³-hybridized carbons (Fsp3) is 0.0444. The van der Waals surface area contributed by atoms with Gasteiger partial charge < -0.3 is 0 Å². The fourth-order valence-corrected chi connectivity index (χ4v) is 7.30. The zero-order chi connectivity index (χ0) is 31.2. The van der Waals surface area contributed by atoms with E-state index < -0.39 is 0 Å². The van der Waals surface area contributed by atoms with Gasteiger partial charge in [0.2, 0.25) is 0 Å². The predicted octanol–water partition coefficient (Wildman–Crippen LogP) is 12.1. The highest BCUT2D eigenvalue weighted by atomic mass is 15.1. The smallest absolute Gasteiger partial charge is 0.145 e. The quantitative estimate of drug-likeness (QED) is 0.180. The summed E-state index contributed by atoms with van der Waals surface area (Å²) in [5.74, 6) is 0.945. The van der Waals surface area contributed by atoms with Gasteiger partial charge in [-0.3, -0.25) is 4.57 Å². The van der Waals surface area contributed by atoms with Crippen molar-refractivity contribution >= 4 is 38.2 Å². The Morgan fingerprint density at radius 2 is 1.13 bits per heavy atom. The van der Waals surface area contributed by atoms with Gasteiger partial charge >= 0.3 is 0 Å². The second kappa shape index (κ2) is 11.4. The standard InChI is InChI=1S/C45H32N2/c1-4-14-32(15-5-1)43-37-20-10-11-21-38(37)44(33-16-6-2-7-17-33)40-30-35(28-29-39(40)43)31-24-26-34(27-25-31)45-46-41-22-12-13-23-42(41)47(45)36-18-8-3-9-19-36/h1-6,8-16,18-30H,7,17H2. The van der Waals surface area contributed by atoms with Crippen LogP contribution in [0.1, 0.15) is 18.4 Å². The number of rotatable bonds is 5. The van der Waals surface area contributed by atoms with Gasteiger partial charge in [0.05, 0.1) is 11.0 Å². The SMILES string of the molecule is C1=CCCC(c2c3ccccc3c(-c3ccccc3)c3ccc(-c4ccc(-c5nc6ccccc6n5-c5ccccc5)cc4)cc23)=C1. The number of nitrogens with zero attached hydrogens (tertiary/aromatic N) is 2. The molecule has 1 aliphatic rings. The topological polar surface area (TPSA) is 17.8 Å². The molecule has 1 aromatic heterocycles. The van der Waals surface area contributed by atoms with Gasteiger partial charge in [0, 0.05) is 11.3 Å². The molecule has 0 N–H and O–H groups in total. The van der Waals surface area contributed by atoms with Crippen LogP contribution in [0.15, 0.2) is 170 Å². The molecule has 9 rings (SSSR count). The molecular formula is C45H32N2. The van der Waals surface area contributed by atoms with Gasteiger partial charge in [-0.2, -0.15) is 0 Å². The highest BCUT2D eigenvalue weighted by Gasteiger charge is 2.19. The van der Waals surface area contributed by atoms with Crippen LogP contribution in [0.5, 0.6) is 0 Å². The molecule has 0 radical (unpaired) electrons. The van der Waals surface area contributed by atoms with Crippen molar-refractivity contribution in [2.24, 2.45) is 0 Å². The Hall–Kier alpha value is -5.99. The summed E-state index contributed by atoms with van der Waals surface area (Å²) in [6.45, 7) is 0. The minimum absolute atomic E-state index is 0.945. The largest absolute Gasteiger partial charge is 0.292 e. The molecule has 0 amide bonds. The van der Waals surface area contributed by atoms with Crippen molar-refractivity contribution in [3.8, 4) is 39.3 Å². The molecule has 222 valence electrons. The van der Waals surface area contributed by atoms with Crippen LogP contribution in [0.25, 0.3) is 77.5 Å². The average molecular weight is 601 g/mol. The molecule has 0 aliphatic heterocycles. The van der Waals surface area contributed by atoms with Gasteiger partial charge in [-0.15, -0.1) is 0 Å². The summed E-state index contributed by atoms with van der Waals surface area (Å²) in [7, 11) is 0. The molecule has 0 saturated carbocycles. The third-order valence-electron chi connectivity index (χ3n) is 9.47. The number of hydrogen-bond acceptors (Lipinski definition) is 1. The van der Waals surface area contributed by atoms with Gasteiger partial charge in [0.1, 0.15) is 5.82 Å². The van der Waals surface area contributed by atoms with Crippen LogP contribution in [0.3, 0.4) is 0 Å². The van der Waals surface area contributed by atoms with Crippen LogP contribution in [-0.2, 0) is 0 Å². The lowest BCUT2D eigenvalue weighted by Crippen LogP contribution is -1.97. The van der Waals surface area contributed by atoms with Gasteiger partial charge in [-0.05, 0) is 98.1 Å². The molecule has 0 fully saturated rings. The zero-order valence-electron chi connectivity index (χ0n) is 26.0. The van der Waals surface area contributed by atoms with Crippen molar-refractivity contribution < 1.29 is 0 Å². The molecular weight excluding hydrogens is 569 g/mol. The Bertz CT molecular complexity index is 2480. The molecule has 2 heteroatoms. The molecule has 0 unspecified atom stereocenters. The summed E-state index contributed by atoms with van der Waals surface area (Å²) in [5.41, 5.74) is 12.0. The van der Waals surface area contributed by atoms with Crippen molar-refractivity contribution in [2.75, 3.05) is 0 Å². The fourth-order valence-electron chi connectivity index (χ4n) is 7.30. The molecule has 2 nitrogen and oxygen atoms in total. The lowest BCUT2D eigenvalue weighted by atomic mass is 9.83. The summed E-state index contributed by atoms with van der Waals surface area (Å²) in [6, 6.07) is 54.6. The molecule has 0 spiro atoms. The lowest BCUT2D eigenvalue weighted by Gasteiger charge is -2.21. The number of para-hydroxylation sites is 3. The monoisotopic (exact) mass is 600 g/mol. The molecule has 1 aliphatic carbocycles. The van der Waals surface area contributed by atoms with Gasteiger partial charge in [-0.1, -0.05) is 140 Å². The van der Waals surface area contributed by atoms with Gasteiger partial charge in [0.15, 0.2) is 0 Å². The van der Waals surface area contributed by atoms with Crippen LogP contribution in [0.4, 0.5) is 0 Å². The lowest BCUT2D eigenvalue weighted by molar-refractivity contribution is 1.06. The van der Waals surface area contributed by atoms with E-state index in [1.54, 1.807) is 0 Å². The Morgan fingerprint density at radius 3 is 1.89 bits per heavy atom. The van der Waals surface area contributed by atoms with Gasteiger partial charge in [-0.25, -0.2) is 4.98 Å².